The van der Waals surface area contributed by atoms with Crippen molar-refractivity contribution < 1.29 is 19.2 Å². The number of nitrogens with zero attached hydrogens (tertiary/aromatic N) is 1. The van der Waals surface area contributed by atoms with Gasteiger partial charge in [-0.15, -0.1) is 0 Å². The molecular formula is C10H11NO4S. The normalized spacial score (nSPS) is 9.38. The zero-order valence-corrected chi connectivity index (χ0v) is 9.52. The second kappa shape index (κ2) is 6.02. The van der Waals surface area contributed by atoms with Gasteiger partial charge in [0, 0.05) is 0 Å². The summed E-state index contributed by atoms with van der Waals surface area (Å²) in [5, 5.41) is 0.126. The predicted octanol–water partition coefficient (Wildman–Crippen LogP) is 2.49. The van der Waals surface area contributed by atoms with E-state index in [2.05, 4.69) is 17.5 Å². The van der Waals surface area contributed by atoms with Crippen molar-refractivity contribution in [2.75, 3.05) is 6.54 Å². The number of hydrogen-bond donors (Lipinski definition) is 1. The fourth-order valence-electron chi connectivity index (χ4n) is 0.932. The van der Waals surface area contributed by atoms with Crippen LogP contribution in [-0.2, 0) is 4.84 Å². The van der Waals surface area contributed by atoms with Gasteiger partial charge in [0.25, 0.3) is 0 Å². The molecule has 0 saturated heterocycles. The molecule has 0 N–H and O–H groups in total. The van der Waals surface area contributed by atoms with Crippen molar-refractivity contribution in [3.8, 4) is 5.75 Å². The minimum absolute atomic E-state index is 0.201. The number of carbonyl (C=O) groups is 2. The number of rotatable bonds is 2. The highest BCUT2D eigenvalue weighted by Gasteiger charge is 2.15. The molecule has 0 unspecified atom stereocenters. The van der Waals surface area contributed by atoms with E-state index >= 15 is 0 Å². The molecule has 1 aromatic carbocycles. The fourth-order valence-corrected chi connectivity index (χ4v) is 1.11. The van der Waals surface area contributed by atoms with Gasteiger partial charge in [-0.3, -0.25) is 4.79 Å². The SMILES string of the molecule is CCN(OC(=O)Oc1ccccc1)C(=O)S. The molecule has 6 heteroatoms. The van der Waals surface area contributed by atoms with Crippen molar-refractivity contribution in [1.82, 2.24) is 5.06 Å². The summed E-state index contributed by atoms with van der Waals surface area (Å²) in [5.41, 5.74) is 0. The summed E-state index contributed by atoms with van der Waals surface area (Å²) >= 11 is 3.53. The average Bonchev–Trinajstić information content (AvgIpc) is 2.27. The van der Waals surface area contributed by atoms with Gasteiger partial charge < -0.3 is 9.57 Å². The quantitative estimate of drug-likeness (QED) is 0.374. The lowest BCUT2D eigenvalue weighted by Gasteiger charge is -2.15. The predicted molar refractivity (Wildman–Crippen MR) is 60.3 cm³/mol. The summed E-state index contributed by atoms with van der Waals surface area (Å²) in [6, 6.07) is 8.40. The Labute approximate surface area is 98.3 Å². The third kappa shape index (κ3) is 3.82. The van der Waals surface area contributed by atoms with Crippen LogP contribution in [0.4, 0.5) is 9.59 Å². The van der Waals surface area contributed by atoms with Gasteiger partial charge in [0.2, 0.25) is 0 Å². The van der Waals surface area contributed by atoms with E-state index in [0.29, 0.717) is 5.75 Å². The Balaban J connectivity index is 2.50. The lowest BCUT2D eigenvalue weighted by molar-refractivity contribution is -0.0654. The van der Waals surface area contributed by atoms with Crippen molar-refractivity contribution in [1.29, 1.82) is 0 Å². The van der Waals surface area contributed by atoms with Crippen molar-refractivity contribution in [3.63, 3.8) is 0 Å². The molecule has 0 atom stereocenters. The van der Waals surface area contributed by atoms with Crippen molar-refractivity contribution in [3.05, 3.63) is 30.3 Å². The Hall–Kier alpha value is -1.69. The molecule has 0 aliphatic carbocycles. The first-order chi connectivity index (χ1) is 7.63. The molecule has 0 saturated carbocycles. The molecular weight excluding hydrogens is 230 g/mol. The standard InChI is InChI=1S/C10H11NO4S/c1-2-11(9(12)16)15-10(13)14-8-6-4-3-5-7-8/h3-7H,2H2,1H3,(H,12,16). The Morgan fingerprint density at radius 1 is 1.31 bits per heavy atom. The van der Waals surface area contributed by atoms with E-state index in [0.717, 1.165) is 5.06 Å². The molecule has 0 heterocycles. The lowest BCUT2D eigenvalue weighted by atomic mass is 10.3. The molecule has 86 valence electrons. The first-order valence-electron chi connectivity index (χ1n) is 4.58. The fraction of sp³-hybridized carbons (Fsp3) is 0.200. The molecule has 0 fully saturated rings. The number of hydrogen-bond acceptors (Lipinski definition) is 4. The Morgan fingerprint density at radius 2 is 1.94 bits per heavy atom. The highest BCUT2D eigenvalue weighted by atomic mass is 32.1. The van der Waals surface area contributed by atoms with Crippen LogP contribution in [0.25, 0.3) is 0 Å². The maximum absolute atomic E-state index is 11.2. The van der Waals surface area contributed by atoms with E-state index in [-0.39, 0.29) is 6.54 Å². The largest absolute Gasteiger partial charge is 0.539 e. The highest BCUT2D eigenvalue weighted by molar-refractivity contribution is 7.96. The number of ether oxygens (including phenoxy) is 1. The van der Waals surface area contributed by atoms with E-state index in [1.807, 2.05) is 0 Å². The van der Waals surface area contributed by atoms with E-state index in [4.69, 9.17) is 4.74 Å². The van der Waals surface area contributed by atoms with Crippen LogP contribution >= 0.6 is 12.6 Å². The second-order valence-electron chi connectivity index (χ2n) is 2.73. The average molecular weight is 241 g/mol. The molecule has 0 bridgehead atoms. The third-order valence-electron chi connectivity index (χ3n) is 1.63. The summed E-state index contributed by atoms with van der Waals surface area (Å²) in [6.45, 7) is 1.84. The van der Waals surface area contributed by atoms with E-state index in [1.165, 1.54) is 0 Å². The number of carbonyl (C=O) groups excluding carboxylic acids is 2. The van der Waals surface area contributed by atoms with Crippen LogP contribution in [0.5, 0.6) is 5.75 Å². The minimum atomic E-state index is -0.976. The van der Waals surface area contributed by atoms with Gasteiger partial charge in [0.05, 0.1) is 6.54 Å². The van der Waals surface area contributed by atoms with Crippen LogP contribution in [0, 0.1) is 0 Å². The number of para-hydroxylation sites is 1. The van der Waals surface area contributed by atoms with Crippen molar-refractivity contribution in [2.24, 2.45) is 0 Å². The molecule has 0 aliphatic rings. The van der Waals surface area contributed by atoms with Gasteiger partial charge in [-0.2, -0.15) is 5.06 Å². The van der Waals surface area contributed by atoms with Crippen LogP contribution in [0.15, 0.2) is 30.3 Å². The maximum atomic E-state index is 11.2. The molecule has 1 amide bonds. The number of benzene rings is 1. The lowest BCUT2D eigenvalue weighted by Crippen LogP contribution is -2.30. The highest BCUT2D eigenvalue weighted by Crippen LogP contribution is 2.10. The summed E-state index contributed by atoms with van der Waals surface area (Å²) in [6.07, 6.45) is -0.976. The summed E-state index contributed by atoms with van der Waals surface area (Å²) in [4.78, 5) is 26.6. The van der Waals surface area contributed by atoms with Gasteiger partial charge >= 0.3 is 11.4 Å². The van der Waals surface area contributed by atoms with Gasteiger partial charge in [0.15, 0.2) is 0 Å². The molecule has 0 aliphatic heterocycles. The number of thiol groups is 1. The summed E-state index contributed by atoms with van der Waals surface area (Å²) in [5.74, 6) is 0.343. The molecule has 0 radical (unpaired) electrons. The van der Waals surface area contributed by atoms with E-state index < -0.39 is 11.4 Å². The minimum Gasteiger partial charge on any atom is -0.393 e. The molecule has 1 aromatic rings. The summed E-state index contributed by atoms with van der Waals surface area (Å²) < 4.78 is 4.81. The monoisotopic (exact) mass is 241 g/mol. The first kappa shape index (κ1) is 12.4. The Bertz CT molecular complexity index is 368. The van der Waals surface area contributed by atoms with Crippen LogP contribution in [0.3, 0.4) is 0 Å². The topological polar surface area (TPSA) is 55.8 Å². The second-order valence-corrected chi connectivity index (χ2v) is 3.12. The van der Waals surface area contributed by atoms with Crippen molar-refractivity contribution >= 4 is 24.0 Å². The molecule has 0 aromatic heterocycles. The number of amides is 1. The van der Waals surface area contributed by atoms with E-state index in [1.54, 1.807) is 37.3 Å². The molecule has 0 spiro atoms. The van der Waals surface area contributed by atoms with Crippen LogP contribution in [0.1, 0.15) is 6.92 Å². The molecule has 1 rings (SSSR count). The van der Waals surface area contributed by atoms with Gasteiger partial charge in [-0.25, -0.2) is 4.79 Å². The van der Waals surface area contributed by atoms with Crippen molar-refractivity contribution in [2.45, 2.75) is 6.92 Å². The summed E-state index contributed by atoms with van der Waals surface area (Å²) in [7, 11) is 0. The van der Waals surface area contributed by atoms with Gasteiger partial charge in [-0.1, -0.05) is 30.8 Å². The van der Waals surface area contributed by atoms with Gasteiger partial charge in [0.1, 0.15) is 5.75 Å². The molecule has 16 heavy (non-hydrogen) atoms. The first-order valence-corrected chi connectivity index (χ1v) is 5.03. The number of hydroxylamine groups is 2. The smallest absolute Gasteiger partial charge is 0.393 e. The van der Waals surface area contributed by atoms with Crippen LogP contribution < -0.4 is 4.74 Å². The maximum Gasteiger partial charge on any atom is 0.539 e. The Morgan fingerprint density at radius 3 is 2.44 bits per heavy atom. The Kier molecular flexibility index (Phi) is 4.65. The van der Waals surface area contributed by atoms with Crippen LogP contribution in [0.2, 0.25) is 0 Å². The zero-order chi connectivity index (χ0) is 12.0. The molecule has 5 nitrogen and oxygen atoms in total. The van der Waals surface area contributed by atoms with E-state index in [9.17, 15) is 9.59 Å². The zero-order valence-electron chi connectivity index (χ0n) is 8.62. The van der Waals surface area contributed by atoms with Crippen LogP contribution in [-0.4, -0.2) is 23.0 Å². The van der Waals surface area contributed by atoms with Gasteiger partial charge in [-0.05, 0) is 19.1 Å². The third-order valence-corrected chi connectivity index (χ3v) is 1.85.